The van der Waals surface area contributed by atoms with Gasteiger partial charge in [0.1, 0.15) is 17.1 Å². The van der Waals surface area contributed by atoms with Crippen molar-refractivity contribution in [1.29, 1.82) is 0 Å². The van der Waals surface area contributed by atoms with E-state index in [0.29, 0.717) is 30.2 Å². The first-order chi connectivity index (χ1) is 13.7. The van der Waals surface area contributed by atoms with Crippen molar-refractivity contribution in [2.45, 2.75) is 12.5 Å². The summed E-state index contributed by atoms with van der Waals surface area (Å²) in [6.07, 6.45) is 3.89. The van der Waals surface area contributed by atoms with Crippen molar-refractivity contribution in [3.63, 3.8) is 0 Å². The summed E-state index contributed by atoms with van der Waals surface area (Å²) in [5.74, 6) is 0.382. The van der Waals surface area contributed by atoms with Gasteiger partial charge in [-0.3, -0.25) is 9.59 Å². The zero-order valence-corrected chi connectivity index (χ0v) is 15.0. The Morgan fingerprint density at radius 3 is 2.68 bits per heavy atom. The predicted molar refractivity (Wildman–Crippen MR) is 99.1 cm³/mol. The van der Waals surface area contributed by atoms with Crippen LogP contribution in [0.1, 0.15) is 27.9 Å². The third-order valence-corrected chi connectivity index (χ3v) is 4.65. The van der Waals surface area contributed by atoms with E-state index in [9.17, 15) is 9.59 Å². The quantitative estimate of drug-likeness (QED) is 0.661. The Bertz CT molecular complexity index is 1000. The molecular formula is C20H18N4O4. The zero-order valence-electron chi connectivity index (χ0n) is 15.0. The van der Waals surface area contributed by atoms with E-state index in [0.717, 1.165) is 5.56 Å². The monoisotopic (exact) mass is 378 g/mol. The van der Waals surface area contributed by atoms with Crippen LogP contribution in [0, 0.1) is 0 Å². The van der Waals surface area contributed by atoms with Crippen molar-refractivity contribution < 1.29 is 18.4 Å². The smallest absolute Gasteiger partial charge is 0.289 e. The molecule has 4 rings (SSSR count). The molecular weight excluding hydrogens is 360 g/mol. The molecule has 3 aromatic rings. The first kappa shape index (κ1) is 17.7. The molecule has 1 N–H and O–H groups in total. The summed E-state index contributed by atoms with van der Waals surface area (Å²) in [4.78, 5) is 34.2. The Balaban J connectivity index is 1.41. The Kier molecular flexibility index (Phi) is 4.76. The number of likely N-dealkylation sites (tertiary alicyclic amines) is 1. The number of aromatic nitrogens is 2. The molecule has 1 fully saturated rings. The second-order valence-corrected chi connectivity index (χ2v) is 6.39. The molecule has 3 heterocycles. The molecule has 2 aromatic heterocycles. The number of hydrogen-bond acceptors (Lipinski definition) is 6. The molecule has 1 aliphatic heterocycles. The largest absolute Gasteiger partial charge is 0.448 e. The topological polar surface area (TPSA) is 101 Å². The molecule has 1 aliphatic rings. The fraction of sp³-hybridized carbons (Fsp3) is 0.200. The van der Waals surface area contributed by atoms with E-state index >= 15 is 0 Å². The number of carbonyl (C=O) groups excluding carboxylic acids is 2. The van der Waals surface area contributed by atoms with Crippen LogP contribution in [0.4, 0.5) is 0 Å². The van der Waals surface area contributed by atoms with Gasteiger partial charge in [-0.05, 0) is 6.08 Å². The standard InChI is InChI=1S/C20H18N4O4/c1-2-16(25)24-9-14(10-24)18-15(22-11-27-18)8-21-20(26)19-17(23-12-28-19)13-6-4-3-5-7-13/h2-7,11-12,14H,1,8-10H2,(H,21,26). The van der Waals surface area contributed by atoms with Crippen LogP contribution in [0.2, 0.25) is 0 Å². The zero-order chi connectivity index (χ0) is 19.5. The molecule has 0 bridgehead atoms. The summed E-state index contributed by atoms with van der Waals surface area (Å²) in [6.45, 7) is 4.75. The van der Waals surface area contributed by atoms with Gasteiger partial charge in [0.25, 0.3) is 5.91 Å². The summed E-state index contributed by atoms with van der Waals surface area (Å²) in [5, 5.41) is 2.79. The van der Waals surface area contributed by atoms with E-state index in [2.05, 4.69) is 21.9 Å². The summed E-state index contributed by atoms with van der Waals surface area (Å²) >= 11 is 0. The SMILES string of the molecule is C=CC(=O)N1CC(c2ocnc2CNC(=O)c2ocnc2-c2ccccc2)C1. The van der Waals surface area contributed by atoms with E-state index < -0.39 is 0 Å². The normalized spacial score (nSPS) is 13.8. The maximum absolute atomic E-state index is 12.6. The van der Waals surface area contributed by atoms with Gasteiger partial charge in [0.05, 0.1) is 12.5 Å². The highest BCUT2D eigenvalue weighted by atomic mass is 16.4. The van der Waals surface area contributed by atoms with Crippen molar-refractivity contribution in [3.05, 3.63) is 73.0 Å². The van der Waals surface area contributed by atoms with E-state index in [1.807, 2.05) is 30.3 Å². The van der Waals surface area contributed by atoms with E-state index in [1.54, 1.807) is 4.90 Å². The first-order valence-electron chi connectivity index (χ1n) is 8.78. The first-order valence-corrected chi connectivity index (χ1v) is 8.78. The summed E-state index contributed by atoms with van der Waals surface area (Å²) in [7, 11) is 0. The highest BCUT2D eigenvalue weighted by Crippen LogP contribution is 2.29. The van der Waals surface area contributed by atoms with Crippen molar-refractivity contribution in [3.8, 4) is 11.3 Å². The van der Waals surface area contributed by atoms with E-state index in [-0.39, 0.29) is 30.0 Å². The number of rotatable bonds is 6. The van der Waals surface area contributed by atoms with Gasteiger partial charge in [-0.2, -0.15) is 0 Å². The van der Waals surface area contributed by atoms with E-state index in [1.165, 1.54) is 18.9 Å². The molecule has 0 aliphatic carbocycles. The molecule has 28 heavy (non-hydrogen) atoms. The number of amides is 2. The van der Waals surface area contributed by atoms with Gasteiger partial charge in [-0.1, -0.05) is 36.9 Å². The minimum atomic E-state index is -0.387. The number of nitrogens with one attached hydrogen (secondary N) is 1. The van der Waals surface area contributed by atoms with Crippen molar-refractivity contribution >= 4 is 11.8 Å². The molecule has 1 aromatic carbocycles. The molecule has 1 saturated heterocycles. The van der Waals surface area contributed by atoms with Gasteiger partial charge in [0, 0.05) is 18.7 Å². The van der Waals surface area contributed by atoms with Crippen LogP contribution in [-0.4, -0.2) is 39.8 Å². The van der Waals surface area contributed by atoms with Crippen LogP contribution in [-0.2, 0) is 11.3 Å². The molecule has 0 spiro atoms. The lowest BCUT2D eigenvalue weighted by Crippen LogP contribution is -2.48. The van der Waals surface area contributed by atoms with Crippen LogP contribution in [0.25, 0.3) is 11.3 Å². The average Bonchev–Trinajstić information content (AvgIpc) is 3.35. The molecule has 142 valence electrons. The van der Waals surface area contributed by atoms with Gasteiger partial charge >= 0.3 is 0 Å². The maximum Gasteiger partial charge on any atom is 0.289 e. The summed E-state index contributed by atoms with van der Waals surface area (Å²) in [5.41, 5.74) is 1.91. The minimum Gasteiger partial charge on any atom is -0.448 e. The van der Waals surface area contributed by atoms with Crippen LogP contribution in [0.5, 0.6) is 0 Å². The fourth-order valence-corrected chi connectivity index (χ4v) is 3.15. The van der Waals surface area contributed by atoms with Crippen molar-refractivity contribution in [2.75, 3.05) is 13.1 Å². The lowest BCUT2D eigenvalue weighted by Gasteiger charge is -2.37. The van der Waals surface area contributed by atoms with Crippen molar-refractivity contribution in [2.24, 2.45) is 0 Å². The molecule has 2 amide bonds. The van der Waals surface area contributed by atoms with E-state index in [4.69, 9.17) is 8.83 Å². The average molecular weight is 378 g/mol. The van der Waals surface area contributed by atoms with Gasteiger partial charge < -0.3 is 19.1 Å². The van der Waals surface area contributed by atoms with Crippen LogP contribution < -0.4 is 5.32 Å². The Labute approximate surface area is 160 Å². The minimum absolute atomic E-state index is 0.0588. The molecule has 8 heteroatoms. The molecule has 8 nitrogen and oxygen atoms in total. The molecule has 0 unspecified atom stereocenters. The van der Waals surface area contributed by atoms with Crippen LogP contribution in [0.3, 0.4) is 0 Å². The maximum atomic E-state index is 12.6. The number of hydrogen-bond donors (Lipinski definition) is 1. The van der Waals surface area contributed by atoms with Gasteiger partial charge in [-0.15, -0.1) is 0 Å². The Hall–Kier alpha value is -3.68. The number of carbonyl (C=O) groups is 2. The van der Waals surface area contributed by atoms with Crippen LogP contribution in [0.15, 0.2) is 64.6 Å². The highest BCUT2D eigenvalue weighted by Gasteiger charge is 2.34. The van der Waals surface area contributed by atoms with Gasteiger partial charge in [0.15, 0.2) is 12.8 Å². The second-order valence-electron chi connectivity index (χ2n) is 6.39. The predicted octanol–water partition coefficient (Wildman–Crippen LogP) is 2.37. The molecule has 0 radical (unpaired) electrons. The third kappa shape index (κ3) is 3.32. The Morgan fingerprint density at radius 2 is 1.93 bits per heavy atom. The van der Waals surface area contributed by atoms with Crippen molar-refractivity contribution in [1.82, 2.24) is 20.2 Å². The molecule has 0 atom stereocenters. The third-order valence-electron chi connectivity index (χ3n) is 4.65. The Morgan fingerprint density at radius 1 is 1.18 bits per heavy atom. The number of benzene rings is 1. The number of oxazole rings is 2. The highest BCUT2D eigenvalue weighted by molar-refractivity contribution is 5.97. The van der Waals surface area contributed by atoms with Gasteiger partial charge in [0.2, 0.25) is 11.7 Å². The fourth-order valence-electron chi connectivity index (χ4n) is 3.15. The van der Waals surface area contributed by atoms with Crippen LogP contribution >= 0.6 is 0 Å². The summed E-state index contributed by atoms with van der Waals surface area (Å²) < 4.78 is 10.8. The molecule has 0 saturated carbocycles. The van der Waals surface area contributed by atoms with Gasteiger partial charge in [-0.25, -0.2) is 9.97 Å². The lowest BCUT2D eigenvalue weighted by molar-refractivity contribution is -0.130. The number of nitrogens with zero attached hydrogens (tertiary/aromatic N) is 3. The lowest BCUT2D eigenvalue weighted by atomic mass is 9.95. The second kappa shape index (κ2) is 7.51. The summed E-state index contributed by atoms with van der Waals surface area (Å²) in [6, 6.07) is 9.34.